The van der Waals surface area contributed by atoms with E-state index in [4.69, 9.17) is 0 Å². The zero-order valence-corrected chi connectivity index (χ0v) is 13.8. The van der Waals surface area contributed by atoms with Crippen molar-refractivity contribution >= 4 is 33.4 Å². The fourth-order valence-electron chi connectivity index (χ4n) is 2.52. The van der Waals surface area contributed by atoms with Gasteiger partial charge in [0, 0.05) is 35.9 Å². The molecule has 1 atom stereocenters. The van der Waals surface area contributed by atoms with Gasteiger partial charge in [0.15, 0.2) is 0 Å². The first-order valence-corrected chi connectivity index (χ1v) is 9.01. The first-order valence-electron chi connectivity index (χ1n) is 7.06. The van der Waals surface area contributed by atoms with Crippen molar-refractivity contribution in [2.24, 2.45) is 0 Å². The second-order valence-corrected chi connectivity index (χ2v) is 7.57. The van der Waals surface area contributed by atoms with Gasteiger partial charge in [-0.25, -0.2) is 0 Å². The minimum absolute atomic E-state index is 0.691. The van der Waals surface area contributed by atoms with Crippen molar-refractivity contribution in [1.29, 1.82) is 0 Å². The van der Waals surface area contributed by atoms with E-state index < -0.39 is 0 Å². The van der Waals surface area contributed by atoms with E-state index in [0.29, 0.717) is 6.04 Å². The number of hydrogen-bond donors (Lipinski definition) is 1. The van der Waals surface area contributed by atoms with Crippen LogP contribution in [0.1, 0.15) is 24.8 Å². The smallest absolute Gasteiger partial charge is 0.0511 e. The molecule has 0 amide bonds. The van der Waals surface area contributed by atoms with Gasteiger partial charge in [-0.15, -0.1) is 0 Å². The molecule has 0 bridgehead atoms. The van der Waals surface area contributed by atoms with Crippen LogP contribution in [0.15, 0.2) is 22.7 Å². The first kappa shape index (κ1) is 13.8. The summed E-state index contributed by atoms with van der Waals surface area (Å²) in [6.07, 6.45) is 4.00. The number of thioether (sulfide) groups is 1. The summed E-state index contributed by atoms with van der Waals surface area (Å²) in [6.45, 7) is 0.993. The average molecular weight is 341 g/mol. The molecule has 1 saturated heterocycles. The van der Waals surface area contributed by atoms with E-state index in [9.17, 15) is 0 Å². The molecule has 1 aromatic carbocycles. The van der Waals surface area contributed by atoms with E-state index >= 15 is 0 Å². The molecule has 1 aromatic rings. The molecule has 2 nitrogen and oxygen atoms in total. The molecular formula is C15H21BrN2S. The Balaban J connectivity index is 1.67. The molecule has 2 aliphatic rings. The standard InChI is InChI=1S/C15H21BrN2S/c1-18(13-6-7-19-10-13)15-5-2-11(8-14(15)16)9-17-12-3-4-12/h2,5,8,12-13,17H,3-4,6-7,9-10H2,1H3. The predicted octanol–water partition coefficient (Wildman–Crippen LogP) is 3.64. The maximum Gasteiger partial charge on any atom is 0.0511 e. The maximum absolute atomic E-state index is 3.74. The largest absolute Gasteiger partial charge is 0.370 e. The summed E-state index contributed by atoms with van der Waals surface area (Å²) in [5, 5.41) is 3.57. The van der Waals surface area contributed by atoms with Crippen molar-refractivity contribution in [3.8, 4) is 0 Å². The Hall–Kier alpha value is -0.190. The summed E-state index contributed by atoms with van der Waals surface area (Å²) < 4.78 is 1.22. The number of nitrogens with zero attached hydrogens (tertiary/aromatic N) is 1. The fourth-order valence-corrected chi connectivity index (χ4v) is 4.49. The first-order chi connectivity index (χ1) is 9.24. The van der Waals surface area contributed by atoms with Crippen molar-refractivity contribution in [3.63, 3.8) is 0 Å². The molecule has 1 aliphatic carbocycles. The van der Waals surface area contributed by atoms with Gasteiger partial charge in [-0.3, -0.25) is 0 Å². The van der Waals surface area contributed by atoms with Crippen LogP contribution in [-0.4, -0.2) is 30.6 Å². The Labute approximate surface area is 128 Å². The lowest BCUT2D eigenvalue weighted by molar-refractivity contribution is 0.685. The molecule has 0 radical (unpaired) electrons. The molecule has 1 unspecified atom stereocenters. The number of benzene rings is 1. The second-order valence-electron chi connectivity index (χ2n) is 5.57. The average Bonchev–Trinajstić information content (AvgIpc) is 3.07. The Morgan fingerprint density at radius 2 is 2.21 bits per heavy atom. The van der Waals surface area contributed by atoms with Gasteiger partial charge in [-0.1, -0.05) is 6.07 Å². The van der Waals surface area contributed by atoms with Crippen molar-refractivity contribution in [1.82, 2.24) is 5.32 Å². The summed E-state index contributed by atoms with van der Waals surface area (Å²) in [5.74, 6) is 2.56. The highest BCUT2D eigenvalue weighted by Crippen LogP contribution is 2.32. The topological polar surface area (TPSA) is 15.3 Å². The normalized spacial score (nSPS) is 22.7. The second kappa shape index (κ2) is 6.06. The lowest BCUT2D eigenvalue weighted by Crippen LogP contribution is -2.31. The molecule has 2 fully saturated rings. The highest BCUT2D eigenvalue weighted by molar-refractivity contribution is 9.10. The molecule has 0 spiro atoms. The molecule has 1 N–H and O–H groups in total. The summed E-state index contributed by atoms with van der Waals surface area (Å²) in [5.41, 5.74) is 2.69. The van der Waals surface area contributed by atoms with E-state index in [1.807, 2.05) is 0 Å². The van der Waals surface area contributed by atoms with Crippen LogP contribution in [0.4, 0.5) is 5.69 Å². The van der Waals surface area contributed by atoms with Gasteiger partial charge < -0.3 is 10.2 Å². The summed E-state index contributed by atoms with van der Waals surface area (Å²) in [7, 11) is 2.22. The number of rotatable bonds is 5. The number of halogens is 1. The van der Waals surface area contributed by atoms with Crippen LogP contribution < -0.4 is 10.2 Å². The molecule has 104 valence electrons. The molecule has 1 heterocycles. The molecule has 1 aliphatic heterocycles. The minimum Gasteiger partial charge on any atom is -0.370 e. The third-order valence-electron chi connectivity index (χ3n) is 4.02. The van der Waals surface area contributed by atoms with Gasteiger partial charge in [-0.2, -0.15) is 11.8 Å². The highest BCUT2D eigenvalue weighted by atomic mass is 79.9. The lowest BCUT2D eigenvalue weighted by atomic mass is 10.1. The predicted molar refractivity (Wildman–Crippen MR) is 88.1 cm³/mol. The Kier molecular flexibility index (Phi) is 4.40. The third-order valence-corrected chi connectivity index (χ3v) is 5.80. The molecule has 3 rings (SSSR count). The SMILES string of the molecule is CN(c1ccc(CNC2CC2)cc1Br)C1CCSC1. The third kappa shape index (κ3) is 3.47. The summed E-state index contributed by atoms with van der Waals surface area (Å²) in [4.78, 5) is 2.43. The van der Waals surface area contributed by atoms with Crippen molar-refractivity contribution in [2.45, 2.75) is 37.9 Å². The Bertz CT molecular complexity index is 442. The van der Waals surface area contributed by atoms with Crippen molar-refractivity contribution in [2.75, 3.05) is 23.5 Å². The van der Waals surface area contributed by atoms with Crippen LogP contribution in [0, 0.1) is 0 Å². The molecule has 0 aromatic heterocycles. The summed E-state index contributed by atoms with van der Waals surface area (Å²) in [6, 6.07) is 8.25. The van der Waals surface area contributed by atoms with Gasteiger partial charge >= 0.3 is 0 Å². The van der Waals surface area contributed by atoms with Crippen LogP contribution in [0.2, 0.25) is 0 Å². The van der Waals surface area contributed by atoms with Crippen molar-refractivity contribution in [3.05, 3.63) is 28.2 Å². The van der Waals surface area contributed by atoms with E-state index in [1.54, 1.807) is 0 Å². The van der Waals surface area contributed by atoms with Crippen LogP contribution in [0.5, 0.6) is 0 Å². The van der Waals surface area contributed by atoms with E-state index in [2.05, 4.69) is 63.2 Å². The number of hydrogen-bond acceptors (Lipinski definition) is 3. The molecule has 4 heteroatoms. The lowest BCUT2D eigenvalue weighted by Gasteiger charge is -2.27. The van der Waals surface area contributed by atoms with Gasteiger partial charge in [0.05, 0.1) is 5.69 Å². The Morgan fingerprint density at radius 1 is 1.37 bits per heavy atom. The zero-order valence-electron chi connectivity index (χ0n) is 11.4. The fraction of sp³-hybridized carbons (Fsp3) is 0.600. The quantitative estimate of drug-likeness (QED) is 0.880. The van der Waals surface area contributed by atoms with Gasteiger partial charge in [0.25, 0.3) is 0 Å². The van der Waals surface area contributed by atoms with Gasteiger partial charge in [0.1, 0.15) is 0 Å². The Morgan fingerprint density at radius 3 is 2.84 bits per heavy atom. The van der Waals surface area contributed by atoms with Crippen LogP contribution in [-0.2, 0) is 6.54 Å². The highest BCUT2D eigenvalue weighted by Gasteiger charge is 2.22. The minimum atomic E-state index is 0.691. The molecular weight excluding hydrogens is 320 g/mol. The van der Waals surface area contributed by atoms with E-state index in [1.165, 1.54) is 46.5 Å². The van der Waals surface area contributed by atoms with E-state index in [0.717, 1.165) is 12.6 Å². The van der Waals surface area contributed by atoms with Crippen molar-refractivity contribution < 1.29 is 0 Å². The molecule has 1 saturated carbocycles. The number of nitrogens with one attached hydrogen (secondary N) is 1. The van der Waals surface area contributed by atoms with Crippen LogP contribution >= 0.6 is 27.7 Å². The zero-order chi connectivity index (χ0) is 13.2. The van der Waals surface area contributed by atoms with Gasteiger partial charge in [0.2, 0.25) is 0 Å². The maximum atomic E-state index is 3.74. The van der Waals surface area contributed by atoms with E-state index in [-0.39, 0.29) is 0 Å². The van der Waals surface area contributed by atoms with Crippen LogP contribution in [0.3, 0.4) is 0 Å². The van der Waals surface area contributed by atoms with Gasteiger partial charge in [-0.05, 0) is 58.6 Å². The molecule has 19 heavy (non-hydrogen) atoms. The summed E-state index contributed by atoms with van der Waals surface area (Å²) >= 11 is 5.81. The van der Waals surface area contributed by atoms with Crippen LogP contribution in [0.25, 0.3) is 0 Å². The monoisotopic (exact) mass is 340 g/mol. The number of anilines is 1.